The highest BCUT2D eigenvalue weighted by Gasteiger charge is 2.23. The Morgan fingerprint density at radius 2 is 2.10 bits per heavy atom. The molecule has 0 amide bonds. The van der Waals surface area contributed by atoms with Crippen molar-refractivity contribution in [3.05, 3.63) is 47.2 Å². The molecule has 3 nitrogen and oxygen atoms in total. The fourth-order valence-corrected chi connectivity index (χ4v) is 2.94. The molecule has 0 spiro atoms. The van der Waals surface area contributed by atoms with Crippen LogP contribution < -0.4 is 5.73 Å². The number of piperidine rings is 1. The summed E-state index contributed by atoms with van der Waals surface area (Å²) in [4.78, 5) is 2.42. The number of thiocarbonyl (C=S) groups is 1. The smallest absolute Gasteiger partial charge is 0.116 e. The van der Waals surface area contributed by atoms with Gasteiger partial charge in [0, 0.05) is 24.7 Å². The summed E-state index contributed by atoms with van der Waals surface area (Å²) < 4.78 is 0. The van der Waals surface area contributed by atoms with Gasteiger partial charge in [-0.3, -0.25) is 0 Å². The van der Waals surface area contributed by atoms with Crippen LogP contribution in [0.3, 0.4) is 0 Å². The van der Waals surface area contributed by atoms with Crippen molar-refractivity contribution in [1.29, 1.82) is 5.26 Å². The Bertz CT molecular complexity index is 557. The van der Waals surface area contributed by atoms with Crippen molar-refractivity contribution in [3.8, 4) is 6.07 Å². The number of nitriles is 1. The summed E-state index contributed by atoms with van der Waals surface area (Å²) in [6.07, 6.45) is 2.30. The van der Waals surface area contributed by atoms with Crippen LogP contribution in [0.15, 0.2) is 41.6 Å². The maximum atomic E-state index is 9.18. The maximum Gasteiger partial charge on any atom is 0.116 e. The first kappa shape index (κ1) is 14.5. The molecule has 0 bridgehead atoms. The lowest BCUT2D eigenvalue weighted by molar-refractivity contribution is 0.258. The zero-order chi connectivity index (χ0) is 14.5. The fourth-order valence-electron chi connectivity index (χ4n) is 2.75. The number of rotatable bonds is 3. The third-order valence-electron chi connectivity index (χ3n) is 3.89. The van der Waals surface area contributed by atoms with Crippen LogP contribution >= 0.6 is 12.2 Å². The lowest BCUT2D eigenvalue weighted by Crippen LogP contribution is -2.34. The van der Waals surface area contributed by atoms with Gasteiger partial charge in [-0.25, -0.2) is 0 Å². The quantitative estimate of drug-likeness (QED) is 0.527. The average Bonchev–Trinajstić information content (AvgIpc) is 2.48. The van der Waals surface area contributed by atoms with Gasteiger partial charge in [0.25, 0.3) is 0 Å². The van der Waals surface area contributed by atoms with E-state index in [4.69, 9.17) is 18.0 Å². The van der Waals surface area contributed by atoms with E-state index in [2.05, 4.69) is 35.2 Å². The van der Waals surface area contributed by atoms with Gasteiger partial charge in [0.1, 0.15) is 16.6 Å². The first-order chi connectivity index (χ1) is 9.63. The molecule has 0 radical (unpaired) electrons. The van der Waals surface area contributed by atoms with Gasteiger partial charge in [0.15, 0.2) is 0 Å². The fraction of sp³-hybridized carbons (Fsp3) is 0.375. The van der Waals surface area contributed by atoms with Crippen LogP contribution in [0, 0.1) is 11.3 Å². The Labute approximate surface area is 125 Å². The van der Waals surface area contributed by atoms with Crippen LogP contribution in [-0.4, -0.2) is 23.0 Å². The van der Waals surface area contributed by atoms with Crippen molar-refractivity contribution in [3.63, 3.8) is 0 Å². The van der Waals surface area contributed by atoms with Gasteiger partial charge in [-0.05, 0) is 25.3 Å². The second-order valence-electron chi connectivity index (χ2n) is 5.13. The molecule has 1 unspecified atom stereocenters. The van der Waals surface area contributed by atoms with Gasteiger partial charge in [0.2, 0.25) is 0 Å². The van der Waals surface area contributed by atoms with E-state index in [0.717, 1.165) is 25.2 Å². The van der Waals surface area contributed by atoms with E-state index in [-0.39, 0.29) is 4.99 Å². The number of likely N-dealkylation sites (tertiary alicyclic amines) is 1. The van der Waals surface area contributed by atoms with Crippen LogP contribution in [0.5, 0.6) is 0 Å². The molecule has 1 atom stereocenters. The van der Waals surface area contributed by atoms with Gasteiger partial charge in [-0.2, -0.15) is 5.26 Å². The molecule has 4 heteroatoms. The summed E-state index contributed by atoms with van der Waals surface area (Å²) in [6, 6.07) is 12.7. The molecule has 1 aliphatic heterocycles. The lowest BCUT2D eigenvalue weighted by atomic mass is 9.90. The molecule has 2 rings (SSSR count). The molecule has 1 aromatic rings. The third-order valence-corrected chi connectivity index (χ3v) is 4.09. The molecule has 1 aliphatic rings. The SMILES string of the molecule is C/C(=C(\C#N)C(N)=S)N1CCCC(c2ccccc2)C1. The molecular weight excluding hydrogens is 266 g/mol. The zero-order valence-corrected chi connectivity index (χ0v) is 12.5. The first-order valence-electron chi connectivity index (χ1n) is 6.84. The lowest BCUT2D eigenvalue weighted by Gasteiger charge is -2.35. The molecule has 104 valence electrons. The number of hydrogen-bond donors (Lipinski definition) is 1. The molecule has 2 N–H and O–H groups in total. The van der Waals surface area contributed by atoms with Crippen molar-refractivity contribution >= 4 is 17.2 Å². The number of nitrogens with zero attached hydrogens (tertiary/aromatic N) is 2. The van der Waals surface area contributed by atoms with E-state index in [1.807, 2.05) is 13.0 Å². The zero-order valence-electron chi connectivity index (χ0n) is 11.7. The summed E-state index contributed by atoms with van der Waals surface area (Å²) >= 11 is 4.96. The van der Waals surface area contributed by atoms with E-state index in [1.165, 1.54) is 12.0 Å². The molecule has 1 fully saturated rings. The number of nitrogens with two attached hydrogens (primary N) is 1. The van der Waals surface area contributed by atoms with Gasteiger partial charge in [-0.1, -0.05) is 42.5 Å². The number of benzene rings is 1. The van der Waals surface area contributed by atoms with Crippen molar-refractivity contribution in [1.82, 2.24) is 4.90 Å². The molecule has 0 aromatic heterocycles. The van der Waals surface area contributed by atoms with Crippen molar-refractivity contribution in [2.24, 2.45) is 5.73 Å². The summed E-state index contributed by atoms with van der Waals surface area (Å²) in [6.45, 7) is 3.82. The maximum absolute atomic E-state index is 9.18. The van der Waals surface area contributed by atoms with Crippen LogP contribution in [0.4, 0.5) is 0 Å². The summed E-state index contributed by atoms with van der Waals surface area (Å²) in [5.74, 6) is 0.506. The van der Waals surface area contributed by atoms with Crippen LogP contribution in [0.25, 0.3) is 0 Å². The minimum Gasteiger partial charge on any atom is -0.389 e. The van der Waals surface area contributed by atoms with Gasteiger partial charge < -0.3 is 10.6 Å². The second-order valence-corrected chi connectivity index (χ2v) is 5.57. The molecular formula is C16H19N3S. The highest BCUT2D eigenvalue weighted by atomic mass is 32.1. The molecule has 20 heavy (non-hydrogen) atoms. The van der Waals surface area contributed by atoms with Crippen molar-refractivity contribution in [2.75, 3.05) is 13.1 Å². The average molecular weight is 285 g/mol. The Morgan fingerprint density at radius 3 is 2.70 bits per heavy atom. The van der Waals surface area contributed by atoms with E-state index in [0.29, 0.717) is 11.5 Å². The first-order valence-corrected chi connectivity index (χ1v) is 7.25. The predicted octanol–water partition coefficient (Wildman–Crippen LogP) is 2.95. The summed E-state index contributed by atoms with van der Waals surface area (Å²) in [5, 5.41) is 9.18. The van der Waals surface area contributed by atoms with E-state index >= 15 is 0 Å². The minimum atomic E-state index is 0.187. The summed E-state index contributed by atoms with van der Waals surface area (Å²) in [5.41, 5.74) is 8.33. The Hall–Kier alpha value is -1.86. The van der Waals surface area contributed by atoms with Crippen molar-refractivity contribution < 1.29 is 0 Å². The molecule has 1 heterocycles. The van der Waals surface area contributed by atoms with E-state index in [1.54, 1.807) is 0 Å². The highest BCUT2D eigenvalue weighted by molar-refractivity contribution is 7.80. The number of allylic oxidation sites excluding steroid dienone is 1. The molecule has 1 aromatic carbocycles. The van der Waals surface area contributed by atoms with E-state index < -0.39 is 0 Å². The predicted molar refractivity (Wildman–Crippen MR) is 85.1 cm³/mol. The van der Waals surface area contributed by atoms with Gasteiger partial charge in [0.05, 0.1) is 0 Å². The minimum absolute atomic E-state index is 0.187. The standard InChI is InChI=1S/C16H19N3S/c1-12(15(10-17)16(18)20)19-9-5-8-14(11-19)13-6-3-2-4-7-13/h2-4,6-7,14H,5,8-9,11H2,1H3,(H2,18,20)/b15-12-. The van der Waals surface area contributed by atoms with Crippen LogP contribution in [0.2, 0.25) is 0 Å². The van der Waals surface area contributed by atoms with E-state index in [9.17, 15) is 5.26 Å². The molecule has 0 saturated carbocycles. The molecule has 0 aliphatic carbocycles. The largest absolute Gasteiger partial charge is 0.389 e. The Balaban J connectivity index is 2.19. The van der Waals surface area contributed by atoms with Gasteiger partial charge in [-0.15, -0.1) is 0 Å². The van der Waals surface area contributed by atoms with Gasteiger partial charge >= 0.3 is 0 Å². The van der Waals surface area contributed by atoms with Crippen LogP contribution in [-0.2, 0) is 0 Å². The topological polar surface area (TPSA) is 53.1 Å². The normalized spacial score (nSPS) is 20.0. The number of hydrogen-bond acceptors (Lipinski definition) is 3. The Morgan fingerprint density at radius 1 is 1.40 bits per heavy atom. The Kier molecular flexibility index (Phi) is 4.75. The third kappa shape index (κ3) is 3.17. The molecule has 1 saturated heterocycles. The second kappa shape index (κ2) is 6.53. The van der Waals surface area contributed by atoms with Crippen LogP contribution in [0.1, 0.15) is 31.2 Å². The van der Waals surface area contributed by atoms with Crippen molar-refractivity contribution in [2.45, 2.75) is 25.7 Å². The monoisotopic (exact) mass is 285 g/mol. The summed E-state index contributed by atoms with van der Waals surface area (Å²) in [7, 11) is 0. The highest BCUT2D eigenvalue weighted by Crippen LogP contribution is 2.29.